The summed E-state index contributed by atoms with van der Waals surface area (Å²) in [5.74, 6) is 2.03. The van der Waals surface area contributed by atoms with E-state index >= 15 is 0 Å². The minimum absolute atomic E-state index is 0.312. The molecule has 2 aliphatic rings. The second-order valence-corrected chi connectivity index (χ2v) is 5.71. The van der Waals surface area contributed by atoms with E-state index in [1.807, 2.05) is 0 Å². The van der Waals surface area contributed by atoms with E-state index in [2.05, 4.69) is 0 Å². The first-order chi connectivity index (χ1) is 7.81. The van der Waals surface area contributed by atoms with Gasteiger partial charge < -0.3 is 5.73 Å². The quantitative estimate of drug-likeness (QED) is 0.796. The van der Waals surface area contributed by atoms with Crippen LogP contribution in [0.1, 0.15) is 57.8 Å². The number of Topliss-reactive ketones (excluding diaryl/α,β-unsaturated/α-hetero) is 1. The minimum atomic E-state index is 0.312. The number of carbonyl (C=O) groups is 1. The normalized spacial score (nSPS) is 31.8. The molecule has 2 fully saturated rings. The monoisotopic (exact) mass is 223 g/mol. The first kappa shape index (κ1) is 12.1. The molecule has 0 aromatic heterocycles. The Kier molecular flexibility index (Phi) is 4.39. The molecule has 0 heterocycles. The molecule has 2 N–H and O–H groups in total. The van der Waals surface area contributed by atoms with E-state index in [1.54, 1.807) is 0 Å². The van der Waals surface area contributed by atoms with Gasteiger partial charge in [0.05, 0.1) is 0 Å². The third kappa shape index (κ3) is 2.85. The summed E-state index contributed by atoms with van der Waals surface area (Å²) in [4.78, 5) is 12.2. The number of carbonyl (C=O) groups excluding carboxylic acids is 1. The average molecular weight is 223 g/mol. The predicted octanol–water partition coefficient (Wildman–Crippen LogP) is 2.90. The molecule has 2 saturated carbocycles. The lowest BCUT2D eigenvalue weighted by atomic mass is 9.81. The van der Waals surface area contributed by atoms with Crippen LogP contribution in [-0.2, 0) is 4.79 Å². The van der Waals surface area contributed by atoms with Crippen LogP contribution in [0.4, 0.5) is 0 Å². The summed E-state index contributed by atoms with van der Waals surface area (Å²) in [5, 5.41) is 0. The first-order valence-electron chi connectivity index (χ1n) is 7.04. The van der Waals surface area contributed by atoms with Crippen molar-refractivity contribution in [1.82, 2.24) is 0 Å². The van der Waals surface area contributed by atoms with Gasteiger partial charge in [-0.1, -0.05) is 38.5 Å². The van der Waals surface area contributed by atoms with Crippen molar-refractivity contribution in [2.45, 2.75) is 57.8 Å². The summed E-state index contributed by atoms with van der Waals surface area (Å²) in [6.07, 6.45) is 11.0. The van der Waals surface area contributed by atoms with Gasteiger partial charge in [-0.25, -0.2) is 0 Å². The van der Waals surface area contributed by atoms with Gasteiger partial charge >= 0.3 is 0 Å². The second kappa shape index (κ2) is 5.81. The van der Waals surface area contributed by atoms with Crippen LogP contribution in [-0.4, -0.2) is 12.3 Å². The molecule has 2 unspecified atom stereocenters. The van der Waals surface area contributed by atoms with Crippen molar-refractivity contribution in [2.75, 3.05) is 6.54 Å². The van der Waals surface area contributed by atoms with Gasteiger partial charge in [-0.05, 0) is 31.2 Å². The fourth-order valence-corrected chi connectivity index (χ4v) is 3.57. The van der Waals surface area contributed by atoms with Crippen LogP contribution in [0, 0.1) is 17.8 Å². The van der Waals surface area contributed by atoms with Crippen LogP contribution in [0.25, 0.3) is 0 Å². The Hall–Kier alpha value is -0.370. The fraction of sp³-hybridized carbons (Fsp3) is 0.929. The van der Waals surface area contributed by atoms with Crippen LogP contribution in [0.2, 0.25) is 0 Å². The van der Waals surface area contributed by atoms with Crippen LogP contribution < -0.4 is 5.73 Å². The van der Waals surface area contributed by atoms with E-state index in [0.717, 1.165) is 12.8 Å². The molecule has 0 amide bonds. The number of nitrogens with two attached hydrogens (primary N) is 1. The largest absolute Gasteiger partial charge is 0.330 e. The van der Waals surface area contributed by atoms with Crippen LogP contribution in [0.3, 0.4) is 0 Å². The molecule has 2 nitrogen and oxygen atoms in total. The lowest BCUT2D eigenvalue weighted by Gasteiger charge is -2.23. The van der Waals surface area contributed by atoms with Crippen LogP contribution >= 0.6 is 0 Å². The molecule has 2 aliphatic carbocycles. The van der Waals surface area contributed by atoms with E-state index in [0.29, 0.717) is 30.1 Å². The number of hydrogen-bond acceptors (Lipinski definition) is 2. The molecular formula is C14H25NO. The minimum Gasteiger partial charge on any atom is -0.330 e. The third-order valence-electron chi connectivity index (χ3n) is 4.59. The molecule has 92 valence electrons. The summed E-state index contributed by atoms with van der Waals surface area (Å²) < 4.78 is 0. The molecule has 0 aromatic rings. The highest BCUT2D eigenvalue weighted by Gasteiger charge is 2.32. The summed E-state index contributed by atoms with van der Waals surface area (Å²) in [6.45, 7) is 0.709. The van der Waals surface area contributed by atoms with Gasteiger partial charge in [0.1, 0.15) is 5.78 Å². The lowest BCUT2D eigenvalue weighted by molar-refractivity contribution is -0.125. The molecule has 2 rings (SSSR count). The van der Waals surface area contributed by atoms with E-state index in [1.165, 1.54) is 44.9 Å². The summed E-state index contributed by atoms with van der Waals surface area (Å²) in [7, 11) is 0. The second-order valence-electron chi connectivity index (χ2n) is 5.71. The standard InChI is InChI=1S/C14H25NO/c15-10-12-7-4-8-13(12)14(16)9-11-5-2-1-3-6-11/h11-13H,1-10,15H2. The van der Waals surface area contributed by atoms with Gasteiger partial charge in [0.2, 0.25) is 0 Å². The smallest absolute Gasteiger partial charge is 0.136 e. The summed E-state index contributed by atoms with van der Waals surface area (Å²) >= 11 is 0. The van der Waals surface area contributed by atoms with E-state index in [4.69, 9.17) is 5.73 Å². The first-order valence-corrected chi connectivity index (χ1v) is 7.04. The average Bonchev–Trinajstić information content (AvgIpc) is 2.78. The van der Waals surface area contributed by atoms with Gasteiger partial charge in [-0.15, -0.1) is 0 Å². The molecule has 2 atom stereocenters. The lowest BCUT2D eigenvalue weighted by Crippen LogP contribution is -2.27. The zero-order valence-corrected chi connectivity index (χ0v) is 10.3. The Labute approximate surface area is 99.0 Å². The number of hydrogen-bond donors (Lipinski definition) is 1. The summed E-state index contributed by atoms with van der Waals surface area (Å²) in [6, 6.07) is 0. The Morgan fingerprint density at radius 2 is 1.75 bits per heavy atom. The summed E-state index contributed by atoms with van der Waals surface area (Å²) in [5.41, 5.74) is 5.74. The fourth-order valence-electron chi connectivity index (χ4n) is 3.57. The van der Waals surface area contributed by atoms with Crippen molar-refractivity contribution in [3.05, 3.63) is 0 Å². The zero-order chi connectivity index (χ0) is 11.4. The Morgan fingerprint density at radius 1 is 1.00 bits per heavy atom. The van der Waals surface area contributed by atoms with E-state index in [9.17, 15) is 4.79 Å². The number of rotatable bonds is 4. The maximum atomic E-state index is 12.2. The molecule has 0 spiro atoms. The van der Waals surface area contributed by atoms with Crippen LogP contribution in [0.5, 0.6) is 0 Å². The topological polar surface area (TPSA) is 43.1 Å². The maximum Gasteiger partial charge on any atom is 0.136 e. The highest BCUT2D eigenvalue weighted by Crippen LogP contribution is 2.35. The van der Waals surface area contributed by atoms with Crippen LogP contribution in [0.15, 0.2) is 0 Å². The molecule has 2 heteroatoms. The number of ketones is 1. The van der Waals surface area contributed by atoms with Gasteiger partial charge in [0.15, 0.2) is 0 Å². The Balaban J connectivity index is 1.82. The highest BCUT2D eigenvalue weighted by molar-refractivity contribution is 5.81. The van der Waals surface area contributed by atoms with Gasteiger partial charge in [-0.2, -0.15) is 0 Å². The molecule has 0 bridgehead atoms. The SMILES string of the molecule is NCC1CCCC1C(=O)CC1CCCCC1. The Bertz CT molecular complexity index is 233. The van der Waals surface area contributed by atoms with E-state index in [-0.39, 0.29) is 0 Å². The predicted molar refractivity (Wildman–Crippen MR) is 66.1 cm³/mol. The van der Waals surface area contributed by atoms with Crippen molar-refractivity contribution in [2.24, 2.45) is 23.5 Å². The molecule has 16 heavy (non-hydrogen) atoms. The molecule has 0 aliphatic heterocycles. The van der Waals surface area contributed by atoms with Crippen molar-refractivity contribution in [3.63, 3.8) is 0 Å². The van der Waals surface area contributed by atoms with Crippen molar-refractivity contribution in [3.8, 4) is 0 Å². The van der Waals surface area contributed by atoms with Crippen molar-refractivity contribution < 1.29 is 4.79 Å². The maximum absolute atomic E-state index is 12.2. The van der Waals surface area contributed by atoms with E-state index < -0.39 is 0 Å². The van der Waals surface area contributed by atoms with Gasteiger partial charge in [0.25, 0.3) is 0 Å². The molecule has 0 aromatic carbocycles. The third-order valence-corrected chi connectivity index (χ3v) is 4.59. The molecule has 0 saturated heterocycles. The molecular weight excluding hydrogens is 198 g/mol. The van der Waals surface area contributed by atoms with Gasteiger partial charge in [-0.3, -0.25) is 4.79 Å². The zero-order valence-electron chi connectivity index (χ0n) is 10.3. The van der Waals surface area contributed by atoms with Crippen molar-refractivity contribution >= 4 is 5.78 Å². The highest BCUT2D eigenvalue weighted by atomic mass is 16.1. The Morgan fingerprint density at radius 3 is 2.44 bits per heavy atom. The van der Waals surface area contributed by atoms with Crippen molar-refractivity contribution in [1.29, 1.82) is 0 Å². The molecule has 0 radical (unpaired) electrons. The van der Waals surface area contributed by atoms with Gasteiger partial charge in [0, 0.05) is 12.3 Å².